The predicted molar refractivity (Wildman–Crippen MR) is 140 cm³/mol. The molecule has 0 atom stereocenters. The van der Waals surface area contributed by atoms with Gasteiger partial charge in [-0.1, -0.05) is 73.7 Å². The molecule has 0 aliphatic rings. The van der Waals surface area contributed by atoms with Gasteiger partial charge in [-0.05, 0) is 29.7 Å². The first-order valence-corrected chi connectivity index (χ1v) is 12.0. The van der Waals surface area contributed by atoms with Crippen molar-refractivity contribution in [2.45, 2.75) is 26.5 Å². The molecule has 0 radical (unpaired) electrons. The fraction of sp³-hybridized carbons (Fsp3) is 0.207. The molecular weight excluding hydrogens is 470 g/mol. The number of ether oxygens (including phenoxy) is 1. The van der Waals surface area contributed by atoms with Crippen LogP contribution in [0.5, 0.6) is 5.75 Å². The molecule has 4 rings (SSSR count). The van der Waals surface area contributed by atoms with Gasteiger partial charge >= 0.3 is 0 Å². The molecule has 0 saturated carbocycles. The largest absolute Gasteiger partial charge is 0.483 e. The number of hydrogen-bond acceptors (Lipinski definition) is 5. The van der Waals surface area contributed by atoms with E-state index < -0.39 is 17.6 Å². The van der Waals surface area contributed by atoms with E-state index >= 15 is 0 Å². The molecule has 8 heteroatoms. The lowest BCUT2D eigenvalue weighted by Crippen LogP contribution is -2.31. The number of aromatic nitrogens is 1. The average molecular weight is 500 g/mol. The molecule has 3 aromatic carbocycles. The molecule has 0 aliphatic carbocycles. The molecule has 1 aromatic heterocycles. The van der Waals surface area contributed by atoms with Crippen molar-refractivity contribution in [1.29, 1.82) is 0 Å². The van der Waals surface area contributed by atoms with Crippen LogP contribution in [0.25, 0.3) is 10.9 Å². The number of carbonyl (C=O) groups excluding carboxylic acids is 3. The molecule has 37 heavy (non-hydrogen) atoms. The second kappa shape index (κ2) is 11.5. The Labute approximate surface area is 215 Å². The lowest BCUT2D eigenvalue weighted by molar-refractivity contribution is -0.184. The first kappa shape index (κ1) is 25.7. The number of ketones is 1. The van der Waals surface area contributed by atoms with Crippen LogP contribution in [-0.4, -0.2) is 40.9 Å². The van der Waals surface area contributed by atoms with Gasteiger partial charge in [0.1, 0.15) is 12.4 Å². The molecule has 2 N–H and O–H groups in total. The third-order valence-electron chi connectivity index (χ3n) is 6.10. The van der Waals surface area contributed by atoms with Crippen LogP contribution < -0.4 is 10.5 Å². The van der Waals surface area contributed by atoms with Crippen LogP contribution >= 0.6 is 0 Å². The van der Waals surface area contributed by atoms with Crippen LogP contribution in [0.4, 0.5) is 0 Å². The van der Waals surface area contributed by atoms with Gasteiger partial charge in [0.15, 0.2) is 6.61 Å². The smallest absolute Gasteiger partial charge is 0.289 e. The Bertz CT molecular complexity index is 1410. The molecule has 4 aromatic rings. The van der Waals surface area contributed by atoms with Crippen LogP contribution in [0.3, 0.4) is 0 Å². The van der Waals surface area contributed by atoms with Crippen molar-refractivity contribution in [2.75, 3.05) is 13.7 Å². The Morgan fingerprint density at radius 1 is 0.892 bits per heavy atom. The highest BCUT2D eigenvalue weighted by atomic mass is 16.7. The quantitative estimate of drug-likeness (QED) is 0.192. The fourth-order valence-corrected chi connectivity index (χ4v) is 4.27. The number of likely N-dealkylation sites (N-methyl/N-ethyl adjacent to an activating group) is 1. The van der Waals surface area contributed by atoms with Crippen LogP contribution in [-0.2, 0) is 34.0 Å². The van der Waals surface area contributed by atoms with Crippen molar-refractivity contribution < 1.29 is 24.0 Å². The Morgan fingerprint density at radius 3 is 2.16 bits per heavy atom. The maximum atomic E-state index is 13.0. The summed E-state index contributed by atoms with van der Waals surface area (Å²) in [7, 11) is 1.52. The minimum absolute atomic E-state index is 0.206. The summed E-state index contributed by atoms with van der Waals surface area (Å²) in [5, 5.41) is 1.58. The summed E-state index contributed by atoms with van der Waals surface area (Å²) in [6, 6.07) is 24.6. The third-order valence-corrected chi connectivity index (χ3v) is 6.10. The first-order chi connectivity index (χ1) is 17.9. The van der Waals surface area contributed by atoms with Gasteiger partial charge in [-0.25, -0.2) is 5.06 Å². The van der Waals surface area contributed by atoms with E-state index in [4.69, 9.17) is 15.3 Å². The van der Waals surface area contributed by atoms with Gasteiger partial charge < -0.3 is 15.0 Å². The van der Waals surface area contributed by atoms with E-state index in [9.17, 15) is 14.4 Å². The van der Waals surface area contributed by atoms with Gasteiger partial charge in [-0.2, -0.15) is 0 Å². The zero-order valence-corrected chi connectivity index (χ0v) is 20.8. The number of fused-ring (bicyclic) bond motifs is 1. The van der Waals surface area contributed by atoms with Crippen molar-refractivity contribution in [3.8, 4) is 5.75 Å². The predicted octanol–water partition coefficient (Wildman–Crippen LogP) is 3.89. The van der Waals surface area contributed by atoms with Crippen molar-refractivity contribution in [1.82, 2.24) is 9.63 Å². The molecule has 0 saturated heterocycles. The highest BCUT2D eigenvalue weighted by Crippen LogP contribution is 2.35. The summed E-state index contributed by atoms with van der Waals surface area (Å²) in [4.78, 5) is 43.2. The monoisotopic (exact) mass is 499 g/mol. The van der Waals surface area contributed by atoms with Gasteiger partial charge in [0.05, 0.1) is 16.5 Å². The molecule has 0 spiro atoms. The first-order valence-electron chi connectivity index (χ1n) is 12.0. The summed E-state index contributed by atoms with van der Waals surface area (Å²) >= 11 is 0. The summed E-state index contributed by atoms with van der Waals surface area (Å²) in [5.74, 6) is -1.93. The maximum Gasteiger partial charge on any atom is 0.289 e. The van der Waals surface area contributed by atoms with Crippen molar-refractivity contribution in [3.05, 3.63) is 101 Å². The summed E-state index contributed by atoms with van der Waals surface area (Å²) in [5.41, 5.74) is 8.97. The molecule has 0 bridgehead atoms. The fourth-order valence-electron chi connectivity index (χ4n) is 4.27. The lowest BCUT2D eigenvalue weighted by Gasteiger charge is -2.17. The molecule has 190 valence electrons. The van der Waals surface area contributed by atoms with Crippen molar-refractivity contribution >= 4 is 28.5 Å². The summed E-state index contributed by atoms with van der Waals surface area (Å²) in [6.07, 6.45) is 0.490. The van der Waals surface area contributed by atoms with E-state index in [0.29, 0.717) is 35.3 Å². The normalized spacial score (nSPS) is 10.9. The van der Waals surface area contributed by atoms with Crippen LogP contribution in [0.2, 0.25) is 0 Å². The van der Waals surface area contributed by atoms with E-state index in [2.05, 4.69) is 0 Å². The molecular formula is C29H29N3O5. The Balaban J connectivity index is 1.64. The number of hydrogen-bond donors (Lipinski definition) is 1. The van der Waals surface area contributed by atoms with Gasteiger partial charge in [0.25, 0.3) is 17.6 Å². The Hall–Kier alpha value is -4.43. The topological polar surface area (TPSA) is 104 Å². The molecule has 0 aliphatic heterocycles. The number of carbonyl (C=O) groups is 3. The number of nitrogens with two attached hydrogens (primary N) is 1. The maximum absolute atomic E-state index is 13.0. The van der Waals surface area contributed by atoms with Gasteiger partial charge in [-0.15, -0.1) is 0 Å². The number of Topliss-reactive ketones (excluding diaryl/α,β-unsaturated/α-hetero) is 1. The number of hydroxylamine groups is 2. The van der Waals surface area contributed by atoms with Gasteiger partial charge in [0.2, 0.25) is 0 Å². The minimum Gasteiger partial charge on any atom is -0.483 e. The molecule has 8 nitrogen and oxygen atoms in total. The molecule has 1 heterocycles. The van der Waals surface area contributed by atoms with Crippen LogP contribution in [0.15, 0.2) is 78.9 Å². The number of rotatable bonds is 11. The SMILES string of the molecule is CCc1c(C(=O)C(N)=O)c2c(OCC(=O)N(C)OCc3ccccc3)cccc2n1Cc1ccccc1. The Morgan fingerprint density at radius 2 is 1.54 bits per heavy atom. The highest BCUT2D eigenvalue weighted by molar-refractivity contribution is 6.45. The Kier molecular flexibility index (Phi) is 8.00. The zero-order chi connectivity index (χ0) is 26.4. The minimum atomic E-state index is -1.05. The van der Waals surface area contributed by atoms with E-state index in [-0.39, 0.29) is 18.8 Å². The average Bonchev–Trinajstić information content (AvgIpc) is 3.24. The second-order valence-electron chi connectivity index (χ2n) is 8.53. The van der Waals surface area contributed by atoms with E-state index in [0.717, 1.165) is 16.2 Å². The molecule has 0 fully saturated rings. The summed E-state index contributed by atoms with van der Waals surface area (Å²) in [6.45, 7) is 2.32. The summed E-state index contributed by atoms with van der Waals surface area (Å²) < 4.78 is 7.89. The molecule has 2 amide bonds. The lowest BCUT2D eigenvalue weighted by atomic mass is 10.0. The van der Waals surface area contributed by atoms with E-state index in [1.165, 1.54) is 7.05 Å². The van der Waals surface area contributed by atoms with Gasteiger partial charge in [0, 0.05) is 19.3 Å². The second-order valence-corrected chi connectivity index (χ2v) is 8.53. The third kappa shape index (κ3) is 5.70. The number of amides is 2. The van der Waals surface area contributed by atoms with Crippen LogP contribution in [0, 0.1) is 0 Å². The van der Waals surface area contributed by atoms with E-state index in [1.54, 1.807) is 12.1 Å². The zero-order valence-electron chi connectivity index (χ0n) is 20.8. The van der Waals surface area contributed by atoms with Crippen molar-refractivity contribution in [2.24, 2.45) is 5.73 Å². The molecule has 0 unspecified atom stereocenters. The van der Waals surface area contributed by atoms with Crippen LogP contribution in [0.1, 0.15) is 34.1 Å². The van der Waals surface area contributed by atoms with E-state index in [1.807, 2.05) is 78.2 Å². The highest BCUT2D eigenvalue weighted by Gasteiger charge is 2.27. The van der Waals surface area contributed by atoms with Gasteiger partial charge in [-0.3, -0.25) is 19.2 Å². The number of primary amides is 1. The number of nitrogens with zero attached hydrogens (tertiary/aromatic N) is 2. The number of benzene rings is 3. The van der Waals surface area contributed by atoms with Crippen molar-refractivity contribution in [3.63, 3.8) is 0 Å². The standard InChI is InChI=1S/C29H29N3O5/c1-3-22-27(28(34)29(30)35)26-23(32(22)17-20-11-6-4-7-12-20)15-10-16-24(26)36-19-25(33)31(2)37-18-21-13-8-5-9-14-21/h4-16H,3,17-19H2,1-2H3,(H2,30,35).